The maximum absolute atomic E-state index is 11.4. The maximum Gasteiger partial charge on any atom is 0.213 e. The van der Waals surface area contributed by atoms with Crippen LogP contribution in [0.1, 0.15) is 12.5 Å². The number of rotatable bonds is 4. The highest BCUT2D eigenvalue weighted by Crippen LogP contribution is 2.05. The van der Waals surface area contributed by atoms with Crippen LogP contribution in [-0.4, -0.2) is 30.5 Å². The topological polar surface area (TPSA) is 50.3 Å². The number of hydrogen-bond acceptors (Lipinski definition) is 3. The minimum absolute atomic E-state index is 0.129. The molecule has 0 saturated carbocycles. The summed E-state index contributed by atoms with van der Waals surface area (Å²) in [5, 5.41) is 0. The first kappa shape index (κ1) is 11.1. The Kier molecular flexibility index (Phi) is 3.60. The lowest BCUT2D eigenvalue weighted by molar-refractivity contribution is 0.467. The van der Waals surface area contributed by atoms with Crippen molar-refractivity contribution in [3.63, 3.8) is 0 Å². The standard InChI is InChI=1S/C9H14N2O2S/c1-3-14(12,13)11(2)8-9-5-4-6-10-7-9/h4-7H,3,8H2,1-2H3. The van der Waals surface area contributed by atoms with Crippen LogP contribution in [0.15, 0.2) is 24.5 Å². The SMILES string of the molecule is CCS(=O)(=O)N(C)Cc1cccnc1. The van der Waals surface area contributed by atoms with Gasteiger partial charge in [0.05, 0.1) is 5.75 Å². The van der Waals surface area contributed by atoms with Gasteiger partial charge in [-0.05, 0) is 18.6 Å². The van der Waals surface area contributed by atoms with Crippen molar-refractivity contribution in [2.75, 3.05) is 12.8 Å². The molecule has 0 atom stereocenters. The minimum atomic E-state index is -3.09. The third-order valence-corrected chi connectivity index (χ3v) is 3.78. The highest BCUT2D eigenvalue weighted by molar-refractivity contribution is 7.89. The lowest BCUT2D eigenvalue weighted by atomic mass is 10.3. The Morgan fingerprint density at radius 1 is 1.50 bits per heavy atom. The van der Waals surface area contributed by atoms with Crippen LogP contribution >= 0.6 is 0 Å². The molecular weight excluding hydrogens is 200 g/mol. The summed E-state index contributed by atoms with van der Waals surface area (Å²) in [5.41, 5.74) is 0.895. The molecule has 0 aliphatic carbocycles. The van der Waals surface area contributed by atoms with Crippen molar-refractivity contribution in [1.82, 2.24) is 9.29 Å². The summed E-state index contributed by atoms with van der Waals surface area (Å²) in [6.45, 7) is 2.01. The van der Waals surface area contributed by atoms with Crippen LogP contribution in [0.25, 0.3) is 0 Å². The normalized spacial score (nSPS) is 11.9. The minimum Gasteiger partial charge on any atom is -0.264 e. The number of hydrogen-bond donors (Lipinski definition) is 0. The van der Waals surface area contributed by atoms with Crippen LogP contribution in [0.3, 0.4) is 0 Å². The predicted molar refractivity (Wildman–Crippen MR) is 55.2 cm³/mol. The molecule has 4 nitrogen and oxygen atoms in total. The van der Waals surface area contributed by atoms with E-state index in [4.69, 9.17) is 0 Å². The molecule has 0 bridgehead atoms. The first-order chi connectivity index (χ1) is 6.56. The van der Waals surface area contributed by atoms with Crippen molar-refractivity contribution in [2.45, 2.75) is 13.5 Å². The second kappa shape index (κ2) is 4.52. The van der Waals surface area contributed by atoms with Gasteiger partial charge in [-0.25, -0.2) is 12.7 Å². The number of pyridine rings is 1. The van der Waals surface area contributed by atoms with E-state index >= 15 is 0 Å². The van der Waals surface area contributed by atoms with E-state index in [9.17, 15) is 8.42 Å². The highest BCUT2D eigenvalue weighted by Gasteiger charge is 2.14. The molecule has 0 aliphatic heterocycles. The predicted octanol–water partition coefficient (Wildman–Crippen LogP) is 0.863. The first-order valence-corrected chi connectivity index (χ1v) is 6.00. The van der Waals surface area contributed by atoms with Gasteiger partial charge in [-0.1, -0.05) is 6.07 Å². The average molecular weight is 214 g/mol. The molecular formula is C9H14N2O2S. The molecule has 0 N–H and O–H groups in total. The van der Waals surface area contributed by atoms with Gasteiger partial charge in [0, 0.05) is 26.0 Å². The molecule has 1 aromatic rings. The lowest BCUT2D eigenvalue weighted by Crippen LogP contribution is -2.27. The van der Waals surface area contributed by atoms with Crippen molar-refractivity contribution >= 4 is 10.0 Å². The molecule has 0 radical (unpaired) electrons. The van der Waals surface area contributed by atoms with E-state index in [1.807, 2.05) is 6.07 Å². The molecule has 1 aromatic heterocycles. The van der Waals surface area contributed by atoms with Gasteiger partial charge in [-0.3, -0.25) is 4.98 Å². The maximum atomic E-state index is 11.4. The zero-order valence-electron chi connectivity index (χ0n) is 8.34. The molecule has 0 fully saturated rings. The summed E-state index contributed by atoms with van der Waals surface area (Å²) in [7, 11) is -1.52. The van der Waals surface area contributed by atoms with Crippen molar-refractivity contribution in [1.29, 1.82) is 0 Å². The zero-order valence-corrected chi connectivity index (χ0v) is 9.16. The summed E-state index contributed by atoms with van der Waals surface area (Å²) in [5.74, 6) is 0.129. The van der Waals surface area contributed by atoms with Crippen LogP contribution < -0.4 is 0 Å². The fourth-order valence-electron chi connectivity index (χ4n) is 1.07. The van der Waals surface area contributed by atoms with Crippen LogP contribution in [-0.2, 0) is 16.6 Å². The van der Waals surface area contributed by atoms with Gasteiger partial charge in [0.25, 0.3) is 0 Å². The number of sulfonamides is 1. The molecule has 0 aliphatic rings. The third kappa shape index (κ3) is 2.78. The van der Waals surface area contributed by atoms with Crippen LogP contribution in [0.4, 0.5) is 0 Å². The first-order valence-electron chi connectivity index (χ1n) is 4.39. The smallest absolute Gasteiger partial charge is 0.213 e. The van der Waals surface area contributed by atoms with Gasteiger partial charge in [-0.15, -0.1) is 0 Å². The molecule has 0 aromatic carbocycles. The van der Waals surface area contributed by atoms with Gasteiger partial charge in [0.2, 0.25) is 10.0 Å². The number of aromatic nitrogens is 1. The Labute approximate surface area is 84.6 Å². The van der Waals surface area contributed by atoms with Crippen molar-refractivity contribution in [3.8, 4) is 0 Å². The average Bonchev–Trinajstić information content (AvgIpc) is 2.19. The van der Waals surface area contributed by atoms with Gasteiger partial charge in [0.1, 0.15) is 0 Å². The summed E-state index contributed by atoms with van der Waals surface area (Å²) < 4.78 is 24.2. The van der Waals surface area contributed by atoms with Gasteiger partial charge < -0.3 is 0 Å². The molecule has 1 heterocycles. The monoisotopic (exact) mass is 214 g/mol. The van der Waals surface area contributed by atoms with Gasteiger partial charge in [-0.2, -0.15) is 0 Å². The van der Waals surface area contributed by atoms with Gasteiger partial charge >= 0.3 is 0 Å². The van der Waals surface area contributed by atoms with Crippen molar-refractivity contribution < 1.29 is 8.42 Å². The molecule has 0 saturated heterocycles. The highest BCUT2D eigenvalue weighted by atomic mass is 32.2. The van der Waals surface area contributed by atoms with E-state index in [2.05, 4.69) is 4.98 Å². The van der Waals surface area contributed by atoms with E-state index in [0.29, 0.717) is 6.54 Å². The fraction of sp³-hybridized carbons (Fsp3) is 0.444. The largest absolute Gasteiger partial charge is 0.264 e. The van der Waals surface area contributed by atoms with E-state index in [-0.39, 0.29) is 5.75 Å². The molecule has 14 heavy (non-hydrogen) atoms. The molecule has 1 rings (SSSR count). The van der Waals surface area contributed by atoms with E-state index in [0.717, 1.165) is 5.56 Å². The molecule has 0 unspecified atom stereocenters. The molecule has 0 amide bonds. The van der Waals surface area contributed by atoms with Crippen LogP contribution in [0.5, 0.6) is 0 Å². The van der Waals surface area contributed by atoms with Crippen molar-refractivity contribution in [3.05, 3.63) is 30.1 Å². The molecule has 5 heteroatoms. The Morgan fingerprint density at radius 2 is 2.21 bits per heavy atom. The van der Waals surface area contributed by atoms with Gasteiger partial charge in [0.15, 0.2) is 0 Å². The van der Waals surface area contributed by atoms with Crippen molar-refractivity contribution in [2.24, 2.45) is 0 Å². The second-order valence-electron chi connectivity index (χ2n) is 3.02. The summed E-state index contributed by atoms with van der Waals surface area (Å²) in [6.07, 6.45) is 3.33. The van der Waals surface area contributed by atoms with E-state index in [1.54, 1.807) is 32.4 Å². The fourth-order valence-corrected chi connectivity index (χ4v) is 1.85. The van der Waals surface area contributed by atoms with E-state index < -0.39 is 10.0 Å². The lowest BCUT2D eigenvalue weighted by Gasteiger charge is -2.15. The zero-order chi connectivity index (χ0) is 10.6. The summed E-state index contributed by atoms with van der Waals surface area (Å²) in [6, 6.07) is 3.65. The number of nitrogens with zero attached hydrogens (tertiary/aromatic N) is 2. The Balaban J connectivity index is 2.72. The summed E-state index contributed by atoms with van der Waals surface area (Å²) >= 11 is 0. The Morgan fingerprint density at radius 3 is 2.71 bits per heavy atom. The Hall–Kier alpha value is -0.940. The third-order valence-electron chi connectivity index (χ3n) is 1.97. The second-order valence-corrected chi connectivity index (χ2v) is 5.38. The summed E-state index contributed by atoms with van der Waals surface area (Å²) in [4.78, 5) is 3.92. The van der Waals surface area contributed by atoms with Crippen LogP contribution in [0.2, 0.25) is 0 Å². The quantitative estimate of drug-likeness (QED) is 0.747. The van der Waals surface area contributed by atoms with Crippen LogP contribution in [0, 0.1) is 0 Å². The Bertz CT molecular complexity index is 375. The van der Waals surface area contributed by atoms with E-state index in [1.165, 1.54) is 4.31 Å². The molecule has 0 spiro atoms. The molecule has 78 valence electrons.